The molecule has 24 heavy (non-hydrogen) atoms. The molecule has 2 aromatic carbocycles. The molecule has 0 saturated heterocycles. The van der Waals surface area contributed by atoms with E-state index in [4.69, 9.17) is 0 Å². The fourth-order valence-electron chi connectivity index (χ4n) is 2.73. The van der Waals surface area contributed by atoms with Crippen LogP contribution in [0.4, 0.5) is 8.78 Å². The van der Waals surface area contributed by atoms with E-state index in [2.05, 4.69) is 10.0 Å². The molecule has 2 N–H and O–H groups in total. The van der Waals surface area contributed by atoms with Crippen LogP contribution in [-0.2, 0) is 16.4 Å². The lowest BCUT2D eigenvalue weighted by Crippen LogP contribution is -2.39. The van der Waals surface area contributed by atoms with Crippen LogP contribution in [0.1, 0.15) is 17.2 Å². The quantitative estimate of drug-likeness (QED) is 0.864. The predicted molar refractivity (Wildman–Crippen MR) is 89.7 cm³/mol. The van der Waals surface area contributed by atoms with E-state index < -0.39 is 26.6 Å². The summed E-state index contributed by atoms with van der Waals surface area (Å²) in [7, 11) is -4.12. The van der Waals surface area contributed by atoms with Crippen LogP contribution in [0.2, 0.25) is 0 Å². The Kier molecular flexibility index (Phi) is 5.92. The first-order chi connectivity index (χ1) is 11.0. The number of hydrogen-bond acceptors (Lipinski definition) is 3. The zero-order valence-electron chi connectivity index (χ0n) is 12.6. The molecule has 2 aromatic rings. The minimum absolute atomic E-state index is 0. The smallest absolute Gasteiger partial charge is 0.243 e. The van der Waals surface area contributed by atoms with Crippen LogP contribution in [0, 0.1) is 11.6 Å². The minimum Gasteiger partial charge on any atom is -0.308 e. The molecule has 0 radical (unpaired) electrons. The van der Waals surface area contributed by atoms with Crippen molar-refractivity contribution < 1.29 is 17.2 Å². The summed E-state index contributed by atoms with van der Waals surface area (Å²) in [6.45, 7) is 0.799. The summed E-state index contributed by atoms with van der Waals surface area (Å²) < 4.78 is 53.7. The topological polar surface area (TPSA) is 58.2 Å². The van der Waals surface area contributed by atoms with Gasteiger partial charge in [0.05, 0.1) is 0 Å². The lowest BCUT2D eigenvalue weighted by molar-refractivity contribution is 0.489. The van der Waals surface area contributed by atoms with Crippen LogP contribution in [0.3, 0.4) is 0 Å². The van der Waals surface area contributed by atoms with E-state index in [0.717, 1.165) is 36.2 Å². The standard InChI is InChI=1S/C16H16F2N2O2S.ClH/c17-12-5-6-14(18)16(9-12)23(21,22)20-10-15-13-4-2-1-3-11(13)7-8-19-15;/h1-6,9,15,19-20H,7-8,10H2;1H. The first kappa shape index (κ1) is 18.8. The number of hydrogen-bond donors (Lipinski definition) is 2. The molecular weight excluding hydrogens is 358 g/mol. The molecular formula is C16H17ClF2N2O2S. The Bertz CT molecular complexity index is 831. The van der Waals surface area contributed by atoms with Gasteiger partial charge in [0.15, 0.2) is 0 Å². The van der Waals surface area contributed by atoms with Crippen LogP contribution in [0.15, 0.2) is 47.4 Å². The molecule has 130 valence electrons. The second-order valence-electron chi connectivity index (χ2n) is 5.38. The summed E-state index contributed by atoms with van der Waals surface area (Å²) in [5.74, 6) is -1.77. The number of rotatable bonds is 4. The SMILES string of the molecule is Cl.O=S(=O)(NCC1NCCc2ccccc21)c1cc(F)ccc1F. The van der Waals surface area contributed by atoms with E-state index >= 15 is 0 Å². The van der Waals surface area contributed by atoms with Gasteiger partial charge in [-0.1, -0.05) is 24.3 Å². The van der Waals surface area contributed by atoms with Crippen molar-refractivity contribution in [3.8, 4) is 0 Å². The van der Waals surface area contributed by atoms with E-state index in [-0.39, 0.29) is 25.0 Å². The van der Waals surface area contributed by atoms with Gasteiger partial charge in [-0.25, -0.2) is 21.9 Å². The summed E-state index contributed by atoms with van der Waals surface area (Å²) in [6, 6.07) is 9.93. The van der Waals surface area contributed by atoms with Crippen molar-refractivity contribution in [1.29, 1.82) is 0 Å². The highest BCUT2D eigenvalue weighted by molar-refractivity contribution is 7.89. The molecule has 0 aromatic heterocycles. The minimum atomic E-state index is -4.12. The normalized spacial score (nSPS) is 17.0. The molecule has 1 atom stereocenters. The Hall–Kier alpha value is -1.54. The fraction of sp³-hybridized carbons (Fsp3) is 0.250. The van der Waals surface area contributed by atoms with E-state index in [1.165, 1.54) is 0 Å². The maximum absolute atomic E-state index is 13.7. The van der Waals surface area contributed by atoms with Crippen molar-refractivity contribution in [2.24, 2.45) is 0 Å². The summed E-state index contributed by atoms with van der Waals surface area (Å²) in [5.41, 5.74) is 2.17. The van der Waals surface area contributed by atoms with Gasteiger partial charge in [-0.15, -0.1) is 12.4 Å². The second-order valence-corrected chi connectivity index (χ2v) is 7.12. The number of benzene rings is 2. The lowest BCUT2D eigenvalue weighted by atomic mass is 9.95. The molecule has 0 saturated carbocycles. The molecule has 4 nitrogen and oxygen atoms in total. The Morgan fingerprint density at radius 3 is 2.71 bits per heavy atom. The highest BCUT2D eigenvalue weighted by atomic mass is 35.5. The van der Waals surface area contributed by atoms with Crippen molar-refractivity contribution in [1.82, 2.24) is 10.0 Å². The Morgan fingerprint density at radius 1 is 1.17 bits per heavy atom. The third kappa shape index (κ3) is 3.92. The van der Waals surface area contributed by atoms with Gasteiger partial charge in [0.2, 0.25) is 10.0 Å². The number of sulfonamides is 1. The summed E-state index contributed by atoms with van der Waals surface area (Å²) in [5, 5.41) is 3.23. The monoisotopic (exact) mass is 374 g/mol. The van der Waals surface area contributed by atoms with E-state index in [1.54, 1.807) is 0 Å². The van der Waals surface area contributed by atoms with Gasteiger partial charge < -0.3 is 5.32 Å². The molecule has 0 amide bonds. The maximum atomic E-state index is 13.7. The summed E-state index contributed by atoms with van der Waals surface area (Å²) in [4.78, 5) is -0.679. The van der Waals surface area contributed by atoms with E-state index in [9.17, 15) is 17.2 Å². The van der Waals surface area contributed by atoms with Crippen LogP contribution in [0.5, 0.6) is 0 Å². The van der Waals surface area contributed by atoms with Crippen LogP contribution >= 0.6 is 12.4 Å². The molecule has 0 spiro atoms. The highest BCUT2D eigenvalue weighted by Gasteiger charge is 2.24. The Balaban J connectivity index is 0.00000208. The second kappa shape index (κ2) is 7.57. The lowest BCUT2D eigenvalue weighted by Gasteiger charge is -2.27. The average molecular weight is 375 g/mol. The summed E-state index contributed by atoms with van der Waals surface area (Å²) in [6.07, 6.45) is 0.873. The van der Waals surface area contributed by atoms with E-state index in [1.807, 2.05) is 24.3 Å². The van der Waals surface area contributed by atoms with Gasteiger partial charge in [-0.2, -0.15) is 0 Å². The molecule has 1 unspecified atom stereocenters. The zero-order chi connectivity index (χ0) is 16.4. The van der Waals surface area contributed by atoms with Crippen molar-refractivity contribution in [2.75, 3.05) is 13.1 Å². The molecule has 3 rings (SSSR count). The number of halogens is 3. The Morgan fingerprint density at radius 2 is 1.92 bits per heavy atom. The van der Waals surface area contributed by atoms with Crippen LogP contribution in [-0.4, -0.2) is 21.5 Å². The molecule has 1 aliphatic heterocycles. The van der Waals surface area contributed by atoms with Crippen molar-refractivity contribution in [3.05, 3.63) is 65.2 Å². The van der Waals surface area contributed by atoms with E-state index in [0.29, 0.717) is 6.07 Å². The molecule has 8 heteroatoms. The maximum Gasteiger partial charge on any atom is 0.243 e. The van der Waals surface area contributed by atoms with Gasteiger partial charge >= 0.3 is 0 Å². The first-order valence-corrected chi connectivity index (χ1v) is 8.71. The fourth-order valence-corrected chi connectivity index (χ4v) is 3.86. The van der Waals surface area contributed by atoms with Gasteiger partial charge in [0, 0.05) is 12.6 Å². The molecule has 0 fully saturated rings. The van der Waals surface area contributed by atoms with Crippen LogP contribution in [0.25, 0.3) is 0 Å². The summed E-state index contributed by atoms with van der Waals surface area (Å²) >= 11 is 0. The third-order valence-corrected chi connectivity index (χ3v) is 5.31. The van der Waals surface area contributed by atoms with Crippen molar-refractivity contribution in [2.45, 2.75) is 17.4 Å². The molecule has 0 bridgehead atoms. The van der Waals surface area contributed by atoms with Gasteiger partial charge in [0.25, 0.3) is 0 Å². The zero-order valence-corrected chi connectivity index (χ0v) is 14.3. The predicted octanol–water partition coefficient (Wildman–Crippen LogP) is 2.55. The van der Waals surface area contributed by atoms with Gasteiger partial charge in [-0.3, -0.25) is 0 Å². The molecule has 1 aliphatic rings. The first-order valence-electron chi connectivity index (χ1n) is 7.23. The van der Waals surface area contributed by atoms with Gasteiger partial charge in [0.1, 0.15) is 16.5 Å². The third-order valence-electron chi connectivity index (χ3n) is 3.88. The Labute approximate surface area is 145 Å². The number of fused-ring (bicyclic) bond motifs is 1. The van der Waals surface area contributed by atoms with Gasteiger partial charge in [-0.05, 0) is 42.3 Å². The molecule has 1 heterocycles. The van der Waals surface area contributed by atoms with Crippen molar-refractivity contribution in [3.63, 3.8) is 0 Å². The van der Waals surface area contributed by atoms with Crippen LogP contribution < -0.4 is 10.0 Å². The average Bonchev–Trinajstić information content (AvgIpc) is 2.55. The van der Waals surface area contributed by atoms with Crippen molar-refractivity contribution >= 4 is 22.4 Å². The number of nitrogens with one attached hydrogen (secondary N) is 2. The largest absolute Gasteiger partial charge is 0.308 e. The highest BCUT2D eigenvalue weighted by Crippen LogP contribution is 2.23. The molecule has 0 aliphatic carbocycles.